The lowest BCUT2D eigenvalue weighted by molar-refractivity contribution is -0.113. The molecule has 0 aliphatic heterocycles. The molecular formula is C19H18FN3O2S. The lowest BCUT2D eigenvalue weighted by Crippen LogP contribution is -2.14. The van der Waals surface area contributed by atoms with E-state index in [1.165, 1.54) is 23.9 Å². The molecule has 7 heteroatoms. The van der Waals surface area contributed by atoms with Crippen molar-refractivity contribution < 1.29 is 13.9 Å². The molecule has 3 aromatic rings. The van der Waals surface area contributed by atoms with Crippen LogP contribution in [0.25, 0.3) is 0 Å². The van der Waals surface area contributed by atoms with Gasteiger partial charge in [0.15, 0.2) is 5.16 Å². The van der Waals surface area contributed by atoms with E-state index in [0.29, 0.717) is 12.2 Å². The molecule has 1 amide bonds. The van der Waals surface area contributed by atoms with Crippen LogP contribution >= 0.6 is 11.8 Å². The minimum atomic E-state index is -0.260. The second-order valence-corrected chi connectivity index (χ2v) is 6.47. The van der Waals surface area contributed by atoms with Gasteiger partial charge < -0.3 is 14.6 Å². The Labute approximate surface area is 155 Å². The number of hydrogen-bond donors (Lipinski definition) is 1. The van der Waals surface area contributed by atoms with E-state index in [9.17, 15) is 9.18 Å². The van der Waals surface area contributed by atoms with Crippen molar-refractivity contribution in [1.29, 1.82) is 0 Å². The Bertz CT molecular complexity index is 863. The number of methoxy groups -OCH3 is 1. The number of anilines is 1. The number of benzene rings is 2. The van der Waals surface area contributed by atoms with E-state index in [0.717, 1.165) is 16.5 Å². The van der Waals surface area contributed by atoms with Crippen molar-refractivity contribution in [2.75, 3.05) is 18.2 Å². The Morgan fingerprint density at radius 1 is 1.19 bits per heavy atom. The fraction of sp³-hybridized carbons (Fsp3) is 0.158. The van der Waals surface area contributed by atoms with E-state index < -0.39 is 0 Å². The number of halogens is 1. The first kappa shape index (κ1) is 18.0. The largest absolute Gasteiger partial charge is 0.497 e. The monoisotopic (exact) mass is 371 g/mol. The van der Waals surface area contributed by atoms with Crippen LogP contribution in [0.4, 0.5) is 10.1 Å². The van der Waals surface area contributed by atoms with Crippen LogP contribution in [0, 0.1) is 5.82 Å². The van der Waals surface area contributed by atoms with Gasteiger partial charge in [-0.1, -0.05) is 23.9 Å². The van der Waals surface area contributed by atoms with Crippen LogP contribution < -0.4 is 10.1 Å². The summed E-state index contributed by atoms with van der Waals surface area (Å²) in [7, 11) is 1.60. The van der Waals surface area contributed by atoms with E-state index >= 15 is 0 Å². The summed E-state index contributed by atoms with van der Waals surface area (Å²) in [6.45, 7) is 0.572. The molecule has 0 unspecified atom stereocenters. The Morgan fingerprint density at radius 3 is 2.62 bits per heavy atom. The van der Waals surface area contributed by atoms with Gasteiger partial charge in [0.2, 0.25) is 5.91 Å². The Balaban J connectivity index is 1.55. The molecule has 5 nitrogen and oxygen atoms in total. The summed E-state index contributed by atoms with van der Waals surface area (Å²) < 4.78 is 20.0. The molecule has 0 spiro atoms. The molecule has 3 rings (SSSR count). The van der Waals surface area contributed by atoms with Gasteiger partial charge in [-0.05, 0) is 42.0 Å². The highest BCUT2D eigenvalue weighted by atomic mass is 32.2. The van der Waals surface area contributed by atoms with Crippen molar-refractivity contribution in [1.82, 2.24) is 9.55 Å². The number of carbonyl (C=O) groups is 1. The maximum Gasteiger partial charge on any atom is 0.234 e. The highest BCUT2D eigenvalue weighted by molar-refractivity contribution is 7.99. The normalized spacial score (nSPS) is 10.5. The predicted molar refractivity (Wildman–Crippen MR) is 100 cm³/mol. The van der Waals surface area contributed by atoms with Crippen molar-refractivity contribution in [2.45, 2.75) is 11.7 Å². The van der Waals surface area contributed by atoms with Crippen molar-refractivity contribution >= 4 is 23.4 Å². The number of hydrogen-bond acceptors (Lipinski definition) is 4. The molecule has 1 heterocycles. The molecule has 1 aromatic heterocycles. The first-order valence-corrected chi connectivity index (χ1v) is 8.95. The van der Waals surface area contributed by atoms with E-state index in [-0.39, 0.29) is 17.5 Å². The summed E-state index contributed by atoms with van der Waals surface area (Å²) in [5.41, 5.74) is 1.68. The molecule has 0 atom stereocenters. The standard InChI is InChI=1S/C19H18FN3O2S/c1-25-17-8-6-16(7-9-17)22-18(24)13-26-19-21-10-11-23(19)12-14-2-4-15(20)5-3-14/h2-11H,12-13H2,1H3,(H,22,24). The predicted octanol–water partition coefficient (Wildman–Crippen LogP) is 3.81. The van der Waals surface area contributed by atoms with E-state index in [2.05, 4.69) is 10.3 Å². The number of aromatic nitrogens is 2. The molecule has 0 radical (unpaired) electrons. The fourth-order valence-corrected chi connectivity index (χ4v) is 3.10. The summed E-state index contributed by atoms with van der Waals surface area (Å²) in [6, 6.07) is 13.5. The summed E-state index contributed by atoms with van der Waals surface area (Å²) in [4.78, 5) is 16.4. The van der Waals surface area contributed by atoms with Gasteiger partial charge in [0.25, 0.3) is 0 Å². The highest BCUT2D eigenvalue weighted by Gasteiger charge is 2.09. The van der Waals surface area contributed by atoms with E-state index in [1.807, 2.05) is 10.8 Å². The topological polar surface area (TPSA) is 56.1 Å². The molecule has 0 aliphatic carbocycles. The van der Waals surface area contributed by atoms with Crippen LogP contribution in [0.3, 0.4) is 0 Å². The molecule has 0 fully saturated rings. The Hall–Kier alpha value is -2.80. The van der Waals surface area contributed by atoms with Gasteiger partial charge in [-0.25, -0.2) is 9.37 Å². The minimum absolute atomic E-state index is 0.114. The van der Waals surface area contributed by atoms with Gasteiger partial charge in [0.05, 0.1) is 12.9 Å². The number of rotatable bonds is 7. The molecule has 0 bridgehead atoms. The second kappa shape index (κ2) is 8.53. The first-order valence-electron chi connectivity index (χ1n) is 7.96. The lowest BCUT2D eigenvalue weighted by Gasteiger charge is -2.08. The van der Waals surface area contributed by atoms with Crippen LogP contribution in [-0.2, 0) is 11.3 Å². The summed E-state index contributed by atoms with van der Waals surface area (Å²) in [5.74, 6) is 0.604. The molecule has 26 heavy (non-hydrogen) atoms. The maximum absolute atomic E-state index is 13.0. The number of imidazole rings is 1. The third kappa shape index (κ3) is 4.86. The van der Waals surface area contributed by atoms with Gasteiger partial charge in [-0.3, -0.25) is 4.79 Å². The van der Waals surface area contributed by atoms with Gasteiger partial charge in [-0.15, -0.1) is 0 Å². The number of carbonyl (C=O) groups excluding carboxylic acids is 1. The van der Waals surface area contributed by atoms with Crippen LogP contribution in [0.5, 0.6) is 5.75 Å². The smallest absolute Gasteiger partial charge is 0.234 e. The van der Waals surface area contributed by atoms with Crippen molar-refractivity contribution in [3.8, 4) is 5.75 Å². The number of amides is 1. The quantitative estimate of drug-likeness (QED) is 0.642. The zero-order valence-corrected chi connectivity index (χ0v) is 15.0. The van der Waals surface area contributed by atoms with Gasteiger partial charge in [0, 0.05) is 24.6 Å². The SMILES string of the molecule is COc1ccc(NC(=O)CSc2nccn2Cc2ccc(F)cc2)cc1. The molecule has 0 aliphatic rings. The number of thioether (sulfide) groups is 1. The third-order valence-corrected chi connectivity index (χ3v) is 4.65. The van der Waals surface area contributed by atoms with Crippen molar-refractivity contribution in [2.24, 2.45) is 0 Å². The maximum atomic E-state index is 13.0. The fourth-order valence-electron chi connectivity index (χ4n) is 2.34. The zero-order valence-electron chi connectivity index (χ0n) is 14.2. The Morgan fingerprint density at radius 2 is 1.92 bits per heavy atom. The summed E-state index contributed by atoms with van der Waals surface area (Å²) in [5, 5.41) is 3.57. The Kier molecular flexibility index (Phi) is 5.91. The summed E-state index contributed by atoms with van der Waals surface area (Å²) in [6.07, 6.45) is 3.53. The molecule has 0 saturated heterocycles. The third-order valence-electron chi connectivity index (χ3n) is 3.65. The van der Waals surface area contributed by atoms with Crippen LogP contribution in [0.1, 0.15) is 5.56 Å². The molecule has 0 saturated carbocycles. The van der Waals surface area contributed by atoms with Crippen LogP contribution in [0.2, 0.25) is 0 Å². The van der Waals surface area contributed by atoms with Gasteiger partial charge in [-0.2, -0.15) is 0 Å². The minimum Gasteiger partial charge on any atom is -0.497 e. The van der Waals surface area contributed by atoms with E-state index in [1.54, 1.807) is 49.7 Å². The molecule has 134 valence electrons. The zero-order chi connectivity index (χ0) is 18.4. The summed E-state index contributed by atoms with van der Waals surface area (Å²) >= 11 is 1.35. The molecule has 1 N–H and O–H groups in total. The number of nitrogens with zero attached hydrogens (tertiary/aromatic N) is 2. The van der Waals surface area contributed by atoms with Gasteiger partial charge >= 0.3 is 0 Å². The highest BCUT2D eigenvalue weighted by Crippen LogP contribution is 2.19. The van der Waals surface area contributed by atoms with E-state index in [4.69, 9.17) is 4.74 Å². The number of nitrogens with one attached hydrogen (secondary N) is 1. The van der Waals surface area contributed by atoms with Crippen LogP contribution in [-0.4, -0.2) is 28.3 Å². The first-order chi connectivity index (χ1) is 12.6. The van der Waals surface area contributed by atoms with Crippen molar-refractivity contribution in [3.05, 3.63) is 72.3 Å². The average molecular weight is 371 g/mol. The molecular weight excluding hydrogens is 353 g/mol. The van der Waals surface area contributed by atoms with Gasteiger partial charge in [0.1, 0.15) is 11.6 Å². The second-order valence-electron chi connectivity index (χ2n) is 5.53. The van der Waals surface area contributed by atoms with Crippen LogP contribution in [0.15, 0.2) is 66.1 Å². The molecule has 2 aromatic carbocycles. The number of ether oxygens (including phenoxy) is 1. The average Bonchev–Trinajstić information content (AvgIpc) is 3.09. The lowest BCUT2D eigenvalue weighted by atomic mass is 10.2. The van der Waals surface area contributed by atoms with Crippen molar-refractivity contribution in [3.63, 3.8) is 0 Å².